The van der Waals surface area contributed by atoms with E-state index in [0.29, 0.717) is 12.0 Å². The molecule has 0 fully saturated rings. The highest BCUT2D eigenvalue weighted by molar-refractivity contribution is 7.09. The molecule has 1 rings (SSSR count). The monoisotopic (exact) mass is 242 g/mol. The zero-order valence-corrected chi connectivity index (χ0v) is 11.4. The highest BCUT2D eigenvalue weighted by Gasteiger charge is 2.10. The summed E-state index contributed by atoms with van der Waals surface area (Å²) in [5.41, 5.74) is 1.12. The van der Waals surface area contributed by atoms with E-state index in [1.807, 2.05) is 13.8 Å². The van der Waals surface area contributed by atoms with Gasteiger partial charge in [-0.25, -0.2) is 4.98 Å². The van der Waals surface area contributed by atoms with Crippen LogP contribution in [0.5, 0.6) is 0 Å². The van der Waals surface area contributed by atoms with Gasteiger partial charge in [0.25, 0.3) is 0 Å². The molecule has 16 heavy (non-hydrogen) atoms. The Morgan fingerprint density at radius 1 is 1.50 bits per heavy atom. The molecule has 2 atom stereocenters. The topological polar surface area (TPSA) is 34.1 Å². The van der Waals surface area contributed by atoms with Crippen LogP contribution in [0.1, 0.15) is 37.4 Å². The first kappa shape index (κ1) is 13.6. The highest BCUT2D eigenvalue weighted by atomic mass is 32.1. The standard InChI is InChI=1S/C12H22N2OS/c1-5-15-7-10(3)13-6-9(2)12-14-11(4)8-16-12/h8-10,13H,5-7H2,1-4H3. The van der Waals surface area contributed by atoms with E-state index in [-0.39, 0.29) is 0 Å². The normalized spacial score (nSPS) is 15.0. The van der Waals surface area contributed by atoms with Gasteiger partial charge in [0.15, 0.2) is 0 Å². The molecular formula is C12H22N2OS. The third-order valence-corrected chi connectivity index (χ3v) is 3.60. The summed E-state index contributed by atoms with van der Waals surface area (Å²) >= 11 is 1.74. The first-order valence-corrected chi connectivity index (χ1v) is 6.74. The fourth-order valence-electron chi connectivity index (χ4n) is 1.42. The summed E-state index contributed by atoms with van der Waals surface area (Å²) in [6.07, 6.45) is 0. The maximum atomic E-state index is 5.36. The molecule has 0 bridgehead atoms. The molecule has 1 aromatic rings. The number of rotatable bonds is 7. The molecule has 1 N–H and O–H groups in total. The predicted octanol–water partition coefficient (Wildman–Crippen LogP) is 2.57. The lowest BCUT2D eigenvalue weighted by Crippen LogP contribution is -2.33. The molecule has 1 heterocycles. The van der Waals surface area contributed by atoms with Crippen LogP contribution in [-0.4, -0.2) is 30.8 Å². The summed E-state index contributed by atoms with van der Waals surface area (Å²) in [6.45, 7) is 10.9. The summed E-state index contributed by atoms with van der Waals surface area (Å²) in [6, 6.07) is 0.406. The zero-order chi connectivity index (χ0) is 12.0. The van der Waals surface area contributed by atoms with Crippen LogP contribution >= 0.6 is 11.3 Å². The van der Waals surface area contributed by atoms with E-state index in [4.69, 9.17) is 4.74 Å². The van der Waals surface area contributed by atoms with Crippen molar-refractivity contribution >= 4 is 11.3 Å². The smallest absolute Gasteiger partial charge is 0.0969 e. The van der Waals surface area contributed by atoms with E-state index < -0.39 is 0 Å². The van der Waals surface area contributed by atoms with E-state index in [2.05, 4.69) is 29.5 Å². The van der Waals surface area contributed by atoms with Gasteiger partial charge in [0.2, 0.25) is 0 Å². The fraction of sp³-hybridized carbons (Fsp3) is 0.750. The van der Waals surface area contributed by atoms with Gasteiger partial charge in [0.05, 0.1) is 11.6 Å². The van der Waals surface area contributed by atoms with Gasteiger partial charge in [-0.05, 0) is 20.8 Å². The van der Waals surface area contributed by atoms with Gasteiger partial charge in [0.1, 0.15) is 0 Å². The van der Waals surface area contributed by atoms with Crippen LogP contribution in [0.15, 0.2) is 5.38 Å². The Hall–Kier alpha value is -0.450. The van der Waals surface area contributed by atoms with Crippen molar-refractivity contribution in [2.45, 2.75) is 39.7 Å². The third kappa shape index (κ3) is 4.60. The van der Waals surface area contributed by atoms with Crippen LogP contribution in [0.3, 0.4) is 0 Å². The molecular weight excluding hydrogens is 220 g/mol. The quantitative estimate of drug-likeness (QED) is 0.798. The number of hydrogen-bond donors (Lipinski definition) is 1. The lowest BCUT2D eigenvalue weighted by atomic mass is 10.2. The lowest BCUT2D eigenvalue weighted by Gasteiger charge is -2.16. The van der Waals surface area contributed by atoms with Crippen molar-refractivity contribution in [3.63, 3.8) is 0 Å². The minimum atomic E-state index is 0.406. The number of ether oxygens (including phenoxy) is 1. The Kier molecular flexibility index (Phi) is 5.95. The van der Waals surface area contributed by atoms with Gasteiger partial charge in [-0.3, -0.25) is 0 Å². The lowest BCUT2D eigenvalue weighted by molar-refractivity contribution is 0.127. The van der Waals surface area contributed by atoms with Gasteiger partial charge in [-0.15, -0.1) is 11.3 Å². The molecule has 0 aliphatic heterocycles. The Labute approximate surface area is 102 Å². The summed E-state index contributed by atoms with van der Waals surface area (Å²) < 4.78 is 5.36. The minimum absolute atomic E-state index is 0.406. The first-order chi connectivity index (χ1) is 7.63. The average Bonchev–Trinajstić information content (AvgIpc) is 2.69. The average molecular weight is 242 g/mol. The van der Waals surface area contributed by atoms with Gasteiger partial charge in [-0.1, -0.05) is 6.92 Å². The Morgan fingerprint density at radius 3 is 2.81 bits per heavy atom. The summed E-state index contributed by atoms with van der Waals surface area (Å²) in [4.78, 5) is 4.50. The van der Waals surface area contributed by atoms with Crippen molar-refractivity contribution in [1.29, 1.82) is 0 Å². The molecule has 0 aromatic carbocycles. The van der Waals surface area contributed by atoms with Crippen molar-refractivity contribution in [1.82, 2.24) is 10.3 Å². The van der Waals surface area contributed by atoms with Crippen LogP contribution in [0.4, 0.5) is 0 Å². The van der Waals surface area contributed by atoms with Gasteiger partial charge < -0.3 is 10.1 Å². The number of nitrogens with one attached hydrogen (secondary N) is 1. The molecule has 0 aliphatic carbocycles. The predicted molar refractivity (Wildman–Crippen MR) is 69.2 cm³/mol. The molecule has 1 aromatic heterocycles. The molecule has 92 valence electrons. The van der Waals surface area contributed by atoms with Crippen molar-refractivity contribution < 1.29 is 4.74 Å². The van der Waals surface area contributed by atoms with Crippen molar-refractivity contribution in [3.05, 3.63) is 16.1 Å². The minimum Gasteiger partial charge on any atom is -0.380 e. The molecule has 0 radical (unpaired) electrons. The molecule has 3 nitrogen and oxygen atoms in total. The zero-order valence-electron chi connectivity index (χ0n) is 10.6. The third-order valence-electron chi connectivity index (χ3n) is 2.40. The second-order valence-electron chi connectivity index (χ2n) is 4.20. The van der Waals surface area contributed by atoms with Crippen molar-refractivity contribution in [3.8, 4) is 0 Å². The molecule has 0 saturated carbocycles. The fourth-order valence-corrected chi connectivity index (χ4v) is 2.27. The second-order valence-corrected chi connectivity index (χ2v) is 5.09. The van der Waals surface area contributed by atoms with E-state index in [0.717, 1.165) is 25.5 Å². The van der Waals surface area contributed by atoms with Crippen LogP contribution < -0.4 is 5.32 Å². The molecule has 0 saturated heterocycles. The Bertz CT molecular complexity index is 301. The maximum Gasteiger partial charge on any atom is 0.0969 e. The molecule has 0 amide bonds. The number of nitrogens with zero attached hydrogens (tertiary/aromatic N) is 1. The van der Waals surface area contributed by atoms with Crippen molar-refractivity contribution in [2.24, 2.45) is 0 Å². The van der Waals surface area contributed by atoms with Gasteiger partial charge >= 0.3 is 0 Å². The molecule has 2 unspecified atom stereocenters. The SMILES string of the molecule is CCOCC(C)NCC(C)c1nc(C)cs1. The number of aryl methyl sites for hydroxylation is 1. The van der Waals surface area contributed by atoms with E-state index in [9.17, 15) is 0 Å². The summed E-state index contributed by atoms with van der Waals surface area (Å²) in [7, 11) is 0. The van der Waals surface area contributed by atoms with Crippen LogP contribution in [0.25, 0.3) is 0 Å². The van der Waals surface area contributed by atoms with E-state index >= 15 is 0 Å². The molecule has 0 aliphatic rings. The maximum absolute atomic E-state index is 5.36. The van der Waals surface area contributed by atoms with E-state index in [1.165, 1.54) is 5.01 Å². The van der Waals surface area contributed by atoms with Crippen molar-refractivity contribution in [2.75, 3.05) is 19.8 Å². The number of thiazole rings is 1. The first-order valence-electron chi connectivity index (χ1n) is 5.86. The second kappa shape index (κ2) is 6.99. The summed E-state index contributed by atoms with van der Waals surface area (Å²) in [5.74, 6) is 0.475. The largest absolute Gasteiger partial charge is 0.380 e. The Morgan fingerprint density at radius 2 is 2.25 bits per heavy atom. The highest BCUT2D eigenvalue weighted by Crippen LogP contribution is 2.18. The van der Waals surface area contributed by atoms with Crippen LogP contribution in [-0.2, 0) is 4.74 Å². The van der Waals surface area contributed by atoms with Gasteiger partial charge in [-0.2, -0.15) is 0 Å². The number of aromatic nitrogens is 1. The van der Waals surface area contributed by atoms with Crippen LogP contribution in [0, 0.1) is 6.92 Å². The van der Waals surface area contributed by atoms with E-state index in [1.54, 1.807) is 11.3 Å². The number of hydrogen-bond acceptors (Lipinski definition) is 4. The van der Waals surface area contributed by atoms with Crippen LogP contribution in [0.2, 0.25) is 0 Å². The van der Waals surface area contributed by atoms with Gasteiger partial charge in [0, 0.05) is 36.2 Å². The summed E-state index contributed by atoms with van der Waals surface area (Å²) in [5, 5.41) is 6.79. The molecule has 4 heteroatoms. The molecule has 0 spiro atoms. The Balaban J connectivity index is 2.27.